The topological polar surface area (TPSA) is 70.5 Å². The predicted molar refractivity (Wildman–Crippen MR) is 128 cm³/mol. The molecule has 0 atom stereocenters. The molecular weight excluding hydrogens is 433 g/mol. The number of piperazine rings is 1. The zero-order valence-corrected chi connectivity index (χ0v) is 19.2. The highest BCUT2D eigenvalue weighted by Crippen LogP contribution is 2.31. The summed E-state index contributed by atoms with van der Waals surface area (Å²) < 4.78 is 14.9. The largest absolute Gasteiger partial charge is 0.368 e. The van der Waals surface area contributed by atoms with Gasteiger partial charge in [0.15, 0.2) is 5.69 Å². The Balaban J connectivity index is 1.22. The Bertz CT molecular complexity index is 1190. The van der Waals surface area contributed by atoms with Crippen molar-refractivity contribution in [1.82, 2.24) is 14.7 Å². The number of nitrogens with one attached hydrogen (secondary N) is 1. The van der Waals surface area contributed by atoms with Crippen LogP contribution >= 0.6 is 0 Å². The average molecular weight is 462 g/mol. The summed E-state index contributed by atoms with van der Waals surface area (Å²) in [6.45, 7) is 5.66. The van der Waals surface area contributed by atoms with E-state index in [-0.39, 0.29) is 17.6 Å². The van der Waals surface area contributed by atoms with Crippen LogP contribution in [0.5, 0.6) is 0 Å². The van der Waals surface area contributed by atoms with Crippen LogP contribution in [-0.2, 0) is 11.3 Å². The maximum Gasteiger partial charge on any atom is 0.276 e. The molecule has 1 saturated heterocycles. The van der Waals surface area contributed by atoms with Crippen molar-refractivity contribution in [2.45, 2.75) is 26.3 Å². The molecule has 34 heavy (non-hydrogen) atoms. The van der Waals surface area contributed by atoms with E-state index < -0.39 is 0 Å². The van der Waals surface area contributed by atoms with Crippen molar-refractivity contribution in [3.05, 3.63) is 77.4 Å². The van der Waals surface area contributed by atoms with E-state index in [2.05, 4.69) is 33.5 Å². The van der Waals surface area contributed by atoms with Crippen LogP contribution in [0.1, 0.15) is 34.6 Å². The SMILES string of the molecule is Cc1cc(C(=O)Nc2ccc(F)cc2)nn1Cc1cccc(N2CCN(C(=O)C3CC3)CC2)c1. The van der Waals surface area contributed by atoms with Gasteiger partial charge in [-0.05, 0) is 67.8 Å². The summed E-state index contributed by atoms with van der Waals surface area (Å²) in [6, 6.07) is 15.7. The molecule has 0 radical (unpaired) electrons. The number of hydrogen-bond acceptors (Lipinski definition) is 4. The number of amides is 2. The van der Waals surface area contributed by atoms with Crippen LogP contribution in [0.15, 0.2) is 54.6 Å². The maximum absolute atomic E-state index is 13.1. The second-order valence-electron chi connectivity index (χ2n) is 9.05. The van der Waals surface area contributed by atoms with Gasteiger partial charge < -0.3 is 15.1 Å². The molecule has 7 nitrogen and oxygen atoms in total. The average Bonchev–Trinajstić information content (AvgIpc) is 3.64. The fourth-order valence-corrected chi connectivity index (χ4v) is 4.31. The van der Waals surface area contributed by atoms with Crippen LogP contribution < -0.4 is 10.2 Å². The quantitative estimate of drug-likeness (QED) is 0.608. The van der Waals surface area contributed by atoms with Gasteiger partial charge in [-0.3, -0.25) is 14.3 Å². The number of hydrogen-bond donors (Lipinski definition) is 1. The zero-order valence-electron chi connectivity index (χ0n) is 19.2. The molecule has 1 aromatic heterocycles. The van der Waals surface area contributed by atoms with E-state index in [1.165, 1.54) is 24.3 Å². The second-order valence-corrected chi connectivity index (χ2v) is 9.05. The highest BCUT2D eigenvalue weighted by molar-refractivity contribution is 6.02. The molecule has 176 valence electrons. The normalized spacial score (nSPS) is 15.9. The molecule has 0 spiro atoms. The van der Waals surface area contributed by atoms with Gasteiger partial charge in [-0.2, -0.15) is 5.10 Å². The molecule has 2 amide bonds. The smallest absolute Gasteiger partial charge is 0.276 e. The minimum atomic E-state index is -0.353. The first kappa shape index (κ1) is 22.1. The van der Waals surface area contributed by atoms with Crippen LogP contribution in [-0.4, -0.2) is 52.7 Å². The van der Waals surface area contributed by atoms with Gasteiger partial charge >= 0.3 is 0 Å². The number of halogens is 1. The Morgan fingerprint density at radius 1 is 1.03 bits per heavy atom. The molecule has 1 saturated carbocycles. The molecule has 2 fully saturated rings. The summed E-state index contributed by atoms with van der Waals surface area (Å²) in [4.78, 5) is 29.2. The number of aromatic nitrogens is 2. The van der Waals surface area contributed by atoms with Crippen molar-refractivity contribution in [3.63, 3.8) is 0 Å². The Morgan fingerprint density at radius 2 is 1.76 bits per heavy atom. The van der Waals surface area contributed by atoms with Crippen molar-refractivity contribution >= 4 is 23.2 Å². The molecule has 1 aliphatic carbocycles. The number of benzene rings is 2. The monoisotopic (exact) mass is 461 g/mol. The van der Waals surface area contributed by atoms with Crippen molar-refractivity contribution < 1.29 is 14.0 Å². The van der Waals surface area contributed by atoms with Gasteiger partial charge in [-0.15, -0.1) is 0 Å². The van der Waals surface area contributed by atoms with Crippen molar-refractivity contribution in [2.24, 2.45) is 5.92 Å². The van der Waals surface area contributed by atoms with E-state index in [0.717, 1.165) is 56.0 Å². The van der Waals surface area contributed by atoms with Gasteiger partial charge in [0.05, 0.1) is 6.54 Å². The summed E-state index contributed by atoms with van der Waals surface area (Å²) in [5.74, 6) is -0.0912. The molecule has 2 aromatic carbocycles. The molecule has 2 aliphatic rings. The number of aryl methyl sites for hydroxylation is 1. The number of nitrogens with zero attached hydrogens (tertiary/aromatic N) is 4. The molecule has 8 heteroatoms. The number of carbonyl (C=O) groups excluding carboxylic acids is 2. The summed E-state index contributed by atoms with van der Waals surface area (Å²) in [5.41, 5.74) is 3.93. The molecule has 1 aliphatic heterocycles. The summed E-state index contributed by atoms with van der Waals surface area (Å²) in [5, 5.41) is 7.23. The summed E-state index contributed by atoms with van der Waals surface area (Å²) >= 11 is 0. The lowest BCUT2D eigenvalue weighted by Gasteiger charge is -2.36. The van der Waals surface area contributed by atoms with E-state index >= 15 is 0 Å². The van der Waals surface area contributed by atoms with Crippen LogP contribution in [0.25, 0.3) is 0 Å². The van der Waals surface area contributed by atoms with E-state index in [0.29, 0.717) is 23.8 Å². The van der Waals surface area contributed by atoms with E-state index in [9.17, 15) is 14.0 Å². The van der Waals surface area contributed by atoms with Gasteiger partial charge in [0.2, 0.25) is 5.91 Å². The highest BCUT2D eigenvalue weighted by atomic mass is 19.1. The maximum atomic E-state index is 13.1. The summed E-state index contributed by atoms with van der Waals surface area (Å²) in [7, 11) is 0. The van der Waals surface area contributed by atoms with Crippen LogP contribution in [0.2, 0.25) is 0 Å². The number of rotatable bonds is 6. The lowest BCUT2D eigenvalue weighted by atomic mass is 10.1. The third-order valence-corrected chi connectivity index (χ3v) is 6.44. The van der Waals surface area contributed by atoms with Crippen molar-refractivity contribution in [2.75, 3.05) is 36.4 Å². The van der Waals surface area contributed by atoms with Gasteiger partial charge in [0.1, 0.15) is 5.82 Å². The van der Waals surface area contributed by atoms with Crippen LogP contribution in [0.3, 0.4) is 0 Å². The van der Waals surface area contributed by atoms with Crippen molar-refractivity contribution in [3.8, 4) is 0 Å². The van der Waals surface area contributed by atoms with Crippen LogP contribution in [0, 0.1) is 18.7 Å². The standard InChI is InChI=1S/C26H28FN5O2/c1-18-15-24(25(33)28-22-9-7-21(27)8-10-22)29-32(18)17-19-3-2-4-23(16-19)30-11-13-31(14-12-30)26(34)20-5-6-20/h2-4,7-10,15-16,20H,5-6,11-14,17H2,1H3,(H,28,33). The lowest BCUT2D eigenvalue weighted by Crippen LogP contribution is -2.49. The molecule has 3 aromatic rings. The lowest BCUT2D eigenvalue weighted by molar-refractivity contribution is -0.132. The first-order valence-electron chi connectivity index (χ1n) is 11.7. The fourth-order valence-electron chi connectivity index (χ4n) is 4.31. The highest BCUT2D eigenvalue weighted by Gasteiger charge is 2.34. The first-order chi connectivity index (χ1) is 16.5. The third-order valence-electron chi connectivity index (χ3n) is 6.44. The molecule has 0 bridgehead atoms. The molecular formula is C26H28FN5O2. The predicted octanol–water partition coefficient (Wildman–Crippen LogP) is 3.69. The Morgan fingerprint density at radius 3 is 2.47 bits per heavy atom. The zero-order chi connectivity index (χ0) is 23.7. The number of carbonyl (C=O) groups is 2. The first-order valence-corrected chi connectivity index (χ1v) is 11.7. The Labute approximate surface area is 198 Å². The van der Waals surface area contributed by atoms with Crippen molar-refractivity contribution in [1.29, 1.82) is 0 Å². The minimum Gasteiger partial charge on any atom is -0.368 e. The van der Waals surface area contributed by atoms with E-state index in [4.69, 9.17) is 0 Å². The van der Waals surface area contributed by atoms with E-state index in [1.807, 2.05) is 22.6 Å². The molecule has 2 heterocycles. The van der Waals surface area contributed by atoms with Gasteiger partial charge in [0, 0.05) is 49.2 Å². The summed E-state index contributed by atoms with van der Waals surface area (Å²) in [6.07, 6.45) is 2.09. The Hall–Kier alpha value is -3.68. The molecule has 1 N–H and O–H groups in total. The Kier molecular flexibility index (Phi) is 6.04. The second kappa shape index (κ2) is 9.29. The van der Waals surface area contributed by atoms with Gasteiger partial charge in [-0.1, -0.05) is 12.1 Å². The minimum absolute atomic E-state index is 0.273. The van der Waals surface area contributed by atoms with Gasteiger partial charge in [0.25, 0.3) is 5.91 Å². The van der Waals surface area contributed by atoms with Crippen LogP contribution in [0.4, 0.5) is 15.8 Å². The van der Waals surface area contributed by atoms with Gasteiger partial charge in [-0.25, -0.2) is 4.39 Å². The fraction of sp³-hybridized carbons (Fsp3) is 0.346. The third kappa shape index (κ3) is 4.95. The number of anilines is 2. The molecule has 0 unspecified atom stereocenters. The molecule has 5 rings (SSSR count). The van der Waals surface area contributed by atoms with E-state index in [1.54, 1.807) is 6.07 Å².